The fourth-order valence-corrected chi connectivity index (χ4v) is 2.21. The lowest BCUT2D eigenvalue weighted by atomic mass is 9.83. The van der Waals surface area contributed by atoms with Crippen LogP contribution in [0.1, 0.15) is 47.0 Å². The summed E-state index contributed by atoms with van der Waals surface area (Å²) in [6.07, 6.45) is 3.07. The minimum Gasteiger partial charge on any atom is -0.391 e. The zero-order chi connectivity index (χ0) is 10.8. The molecule has 3 unspecified atom stereocenters. The van der Waals surface area contributed by atoms with Crippen LogP contribution in [0.4, 0.5) is 0 Å². The van der Waals surface area contributed by atoms with Gasteiger partial charge in [-0.3, -0.25) is 0 Å². The Hall–Kier alpha value is -0.0800. The average molecular weight is 199 g/mol. The molecule has 1 aliphatic rings. The van der Waals surface area contributed by atoms with Gasteiger partial charge in [0.2, 0.25) is 0 Å². The Morgan fingerprint density at radius 1 is 1.43 bits per heavy atom. The molecule has 1 rings (SSSR count). The second-order valence-corrected chi connectivity index (χ2v) is 6.02. The highest BCUT2D eigenvalue weighted by Crippen LogP contribution is 2.26. The number of nitrogens with one attached hydrogen (secondary N) is 1. The predicted molar refractivity (Wildman–Crippen MR) is 60.3 cm³/mol. The fourth-order valence-electron chi connectivity index (χ4n) is 2.21. The molecule has 2 nitrogen and oxygen atoms in total. The molecule has 2 N–H and O–H groups in total. The SMILES string of the molecule is CC1CCNC(C(O)CC(C)(C)C)C1. The van der Waals surface area contributed by atoms with Crippen molar-refractivity contribution in [3.05, 3.63) is 0 Å². The van der Waals surface area contributed by atoms with Crippen LogP contribution in [0.2, 0.25) is 0 Å². The van der Waals surface area contributed by atoms with E-state index in [4.69, 9.17) is 0 Å². The molecule has 2 heteroatoms. The van der Waals surface area contributed by atoms with Crippen molar-refractivity contribution in [2.45, 2.75) is 59.1 Å². The molecule has 0 radical (unpaired) electrons. The molecule has 0 aromatic rings. The van der Waals surface area contributed by atoms with Gasteiger partial charge in [-0.25, -0.2) is 0 Å². The molecule has 14 heavy (non-hydrogen) atoms. The van der Waals surface area contributed by atoms with Gasteiger partial charge in [0.25, 0.3) is 0 Å². The maximum Gasteiger partial charge on any atom is 0.0698 e. The molecule has 0 amide bonds. The molecule has 0 aromatic heterocycles. The van der Waals surface area contributed by atoms with Gasteiger partial charge in [-0.2, -0.15) is 0 Å². The third kappa shape index (κ3) is 3.97. The van der Waals surface area contributed by atoms with E-state index in [9.17, 15) is 5.11 Å². The van der Waals surface area contributed by atoms with E-state index in [0.717, 1.165) is 25.3 Å². The normalized spacial score (nSPS) is 31.5. The van der Waals surface area contributed by atoms with E-state index >= 15 is 0 Å². The van der Waals surface area contributed by atoms with Crippen LogP contribution in [0.3, 0.4) is 0 Å². The number of hydrogen-bond acceptors (Lipinski definition) is 2. The maximum atomic E-state index is 10.1. The Morgan fingerprint density at radius 2 is 2.07 bits per heavy atom. The lowest BCUT2D eigenvalue weighted by Gasteiger charge is -2.34. The first kappa shape index (κ1) is 12.0. The maximum absolute atomic E-state index is 10.1. The molecule has 0 bridgehead atoms. The third-order valence-electron chi connectivity index (χ3n) is 2.99. The highest BCUT2D eigenvalue weighted by Gasteiger charge is 2.27. The summed E-state index contributed by atoms with van der Waals surface area (Å²) in [7, 11) is 0. The molecular formula is C12H25NO. The first-order valence-electron chi connectivity index (χ1n) is 5.80. The number of piperidine rings is 1. The van der Waals surface area contributed by atoms with Crippen LogP contribution in [0.25, 0.3) is 0 Å². The van der Waals surface area contributed by atoms with Crippen molar-refractivity contribution in [3.63, 3.8) is 0 Å². The van der Waals surface area contributed by atoms with E-state index in [0.29, 0.717) is 6.04 Å². The Morgan fingerprint density at radius 3 is 2.57 bits per heavy atom. The number of hydrogen-bond donors (Lipinski definition) is 2. The van der Waals surface area contributed by atoms with Crippen LogP contribution in [0.15, 0.2) is 0 Å². The third-order valence-corrected chi connectivity index (χ3v) is 2.99. The Labute approximate surface area is 88.1 Å². The van der Waals surface area contributed by atoms with Crippen molar-refractivity contribution in [3.8, 4) is 0 Å². The second-order valence-electron chi connectivity index (χ2n) is 6.02. The molecule has 3 atom stereocenters. The summed E-state index contributed by atoms with van der Waals surface area (Å²) < 4.78 is 0. The van der Waals surface area contributed by atoms with Crippen LogP contribution < -0.4 is 5.32 Å². The van der Waals surface area contributed by atoms with E-state index in [1.54, 1.807) is 0 Å². The topological polar surface area (TPSA) is 32.3 Å². The summed E-state index contributed by atoms with van der Waals surface area (Å²) in [5.41, 5.74) is 0.224. The summed E-state index contributed by atoms with van der Waals surface area (Å²) in [4.78, 5) is 0. The Balaban J connectivity index is 2.39. The summed E-state index contributed by atoms with van der Waals surface area (Å²) in [5, 5.41) is 13.5. The van der Waals surface area contributed by atoms with Crippen LogP contribution in [0.5, 0.6) is 0 Å². The van der Waals surface area contributed by atoms with E-state index in [2.05, 4.69) is 33.0 Å². The molecule has 0 spiro atoms. The Kier molecular flexibility index (Phi) is 3.96. The number of aliphatic hydroxyl groups excluding tert-OH is 1. The highest BCUT2D eigenvalue weighted by molar-refractivity contribution is 4.84. The zero-order valence-corrected chi connectivity index (χ0v) is 10.0. The van der Waals surface area contributed by atoms with Crippen molar-refractivity contribution in [1.29, 1.82) is 0 Å². The quantitative estimate of drug-likeness (QED) is 0.714. The summed E-state index contributed by atoms with van der Waals surface area (Å²) in [5.74, 6) is 0.760. The summed E-state index contributed by atoms with van der Waals surface area (Å²) >= 11 is 0. The van der Waals surface area contributed by atoms with Crippen LogP contribution in [-0.2, 0) is 0 Å². The lowest BCUT2D eigenvalue weighted by Crippen LogP contribution is -2.46. The van der Waals surface area contributed by atoms with Crippen molar-refractivity contribution in [2.24, 2.45) is 11.3 Å². The monoisotopic (exact) mass is 199 g/mol. The van der Waals surface area contributed by atoms with Gasteiger partial charge in [0, 0.05) is 6.04 Å². The fraction of sp³-hybridized carbons (Fsp3) is 1.00. The van der Waals surface area contributed by atoms with Gasteiger partial charge in [0.05, 0.1) is 6.10 Å². The van der Waals surface area contributed by atoms with E-state index in [1.807, 2.05) is 0 Å². The summed E-state index contributed by atoms with van der Waals surface area (Å²) in [6.45, 7) is 9.89. The highest BCUT2D eigenvalue weighted by atomic mass is 16.3. The van der Waals surface area contributed by atoms with Gasteiger partial charge in [0.15, 0.2) is 0 Å². The van der Waals surface area contributed by atoms with Crippen LogP contribution in [0, 0.1) is 11.3 Å². The van der Waals surface area contributed by atoms with Crippen molar-refractivity contribution >= 4 is 0 Å². The predicted octanol–water partition coefficient (Wildman–Crippen LogP) is 2.17. The van der Waals surface area contributed by atoms with Crippen molar-refractivity contribution in [2.75, 3.05) is 6.54 Å². The van der Waals surface area contributed by atoms with E-state index < -0.39 is 0 Å². The molecule has 1 heterocycles. The molecule has 0 saturated carbocycles. The standard InChI is InChI=1S/C12H25NO/c1-9-5-6-13-10(7-9)11(14)8-12(2,3)4/h9-11,13-14H,5-8H2,1-4H3. The first-order chi connectivity index (χ1) is 6.38. The molecular weight excluding hydrogens is 174 g/mol. The second kappa shape index (κ2) is 4.63. The van der Waals surface area contributed by atoms with Crippen LogP contribution in [-0.4, -0.2) is 23.8 Å². The van der Waals surface area contributed by atoms with Gasteiger partial charge < -0.3 is 10.4 Å². The largest absolute Gasteiger partial charge is 0.391 e. The van der Waals surface area contributed by atoms with E-state index in [-0.39, 0.29) is 11.5 Å². The molecule has 84 valence electrons. The minimum absolute atomic E-state index is 0.183. The molecule has 0 aliphatic carbocycles. The molecule has 0 aromatic carbocycles. The number of rotatable bonds is 2. The van der Waals surface area contributed by atoms with Crippen LogP contribution >= 0.6 is 0 Å². The lowest BCUT2D eigenvalue weighted by molar-refractivity contribution is 0.0645. The summed E-state index contributed by atoms with van der Waals surface area (Å²) in [6, 6.07) is 0.318. The smallest absolute Gasteiger partial charge is 0.0698 e. The van der Waals surface area contributed by atoms with E-state index in [1.165, 1.54) is 6.42 Å². The van der Waals surface area contributed by atoms with Gasteiger partial charge in [-0.1, -0.05) is 27.7 Å². The Bertz CT molecular complexity index is 174. The van der Waals surface area contributed by atoms with Gasteiger partial charge in [-0.15, -0.1) is 0 Å². The molecule has 1 fully saturated rings. The van der Waals surface area contributed by atoms with Crippen molar-refractivity contribution in [1.82, 2.24) is 5.32 Å². The molecule has 1 saturated heterocycles. The zero-order valence-electron chi connectivity index (χ0n) is 10.0. The number of aliphatic hydroxyl groups is 1. The minimum atomic E-state index is -0.183. The van der Waals surface area contributed by atoms with Gasteiger partial charge in [0.1, 0.15) is 0 Å². The average Bonchev–Trinajstić information content (AvgIpc) is 2.01. The molecule has 1 aliphatic heterocycles. The van der Waals surface area contributed by atoms with Gasteiger partial charge >= 0.3 is 0 Å². The first-order valence-corrected chi connectivity index (χ1v) is 5.80. The van der Waals surface area contributed by atoms with Crippen molar-refractivity contribution < 1.29 is 5.11 Å². The van der Waals surface area contributed by atoms with Gasteiger partial charge in [-0.05, 0) is 37.1 Å².